The van der Waals surface area contributed by atoms with Crippen LogP contribution in [0.25, 0.3) is 0 Å². The van der Waals surface area contributed by atoms with E-state index in [2.05, 4.69) is 22.3 Å². The molecule has 9 heteroatoms. The van der Waals surface area contributed by atoms with Crippen molar-refractivity contribution in [3.05, 3.63) is 64.7 Å². The Balaban J connectivity index is 1.58. The summed E-state index contributed by atoms with van der Waals surface area (Å²) in [4.78, 5) is 14.8. The monoisotopic (exact) mass is 451 g/mol. The van der Waals surface area contributed by atoms with E-state index in [-0.39, 0.29) is 12.5 Å². The van der Waals surface area contributed by atoms with E-state index in [1.807, 2.05) is 12.1 Å². The summed E-state index contributed by atoms with van der Waals surface area (Å²) in [7, 11) is -3.62. The van der Waals surface area contributed by atoms with E-state index in [9.17, 15) is 13.2 Å². The first-order chi connectivity index (χ1) is 14.3. The summed E-state index contributed by atoms with van der Waals surface area (Å²) < 4.78 is 30.8. The SMILES string of the molecule is CS(=O)(=O)N(CC(=O)NCc1cccc(CN2CCOCC2)c1)c1ccc(Cl)cc1. The van der Waals surface area contributed by atoms with Crippen LogP contribution in [0.2, 0.25) is 5.02 Å². The number of carbonyl (C=O) groups excluding carboxylic acids is 1. The van der Waals surface area contributed by atoms with E-state index in [0.29, 0.717) is 17.3 Å². The molecule has 0 bridgehead atoms. The Morgan fingerprint density at radius 1 is 1.13 bits per heavy atom. The van der Waals surface area contributed by atoms with Crippen molar-refractivity contribution >= 4 is 33.2 Å². The molecule has 0 spiro atoms. The second kappa shape index (κ2) is 10.3. The molecule has 0 radical (unpaired) electrons. The van der Waals surface area contributed by atoms with Crippen LogP contribution in [0.1, 0.15) is 11.1 Å². The minimum absolute atomic E-state index is 0.298. The predicted octanol–water partition coefficient (Wildman–Crippen LogP) is 2.25. The van der Waals surface area contributed by atoms with Crippen LogP contribution >= 0.6 is 11.6 Å². The second-order valence-corrected chi connectivity index (χ2v) is 9.57. The highest BCUT2D eigenvalue weighted by atomic mass is 35.5. The maximum atomic E-state index is 12.5. The summed E-state index contributed by atoms with van der Waals surface area (Å²) in [5.41, 5.74) is 2.53. The van der Waals surface area contributed by atoms with E-state index in [0.717, 1.165) is 49.0 Å². The zero-order valence-electron chi connectivity index (χ0n) is 16.9. The summed E-state index contributed by atoms with van der Waals surface area (Å²) in [5.74, 6) is -0.381. The number of sulfonamides is 1. The molecular weight excluding hydrogens is 426 g/mol. The van der Waals surface area contributed by atoms with Crippen LogP contribution in [0.3, 0.4) is 0 Å². The lowest BCUT2D eigenvalue weighted by Gasteiger charge is -2.26. The number of nitrogens with one attached hydrogen (secondary N) is 1. The first-order valence-electron chi connectivity index (χ1n) is 9.69. The van der Waals surface area contributed by atoms with Gasteiger partial charge in [0.2, 0.25) is 15.9 Å². The lowest BCUT2D eigenvalue weighted by atomic mass is 10.1. The van der Waals surface area contributed by atoms with Crippen LogP contribution in [-0.2, 0) is 32.6 Å². The summed E-state index contributed by atoms with van der Waals surface area (Å²) in [6, 6.07) is 14.4. The van der Waals surface area contributed by atoms with Crippen molar-refractivity contribution in [2.75, 3.05) is 43.4 Å². The summed E-state index contributed by atoms with van der Waals surface area (Å²) in [5, 5.41) is 3.30. The van der Waals surface area contributed by atoms with Gasteiger partial charge >= 0.3 is 0 Å². The molecule has 0 saturated carbocycles. The number of amides is 1. The van der Waals surface area contributed by atoms with Gasteiger partial charge in [0.05, 0.1) is 25.2 Å². The summed E-state index contributed by atoms with van der Waals surface area (Å²) in [6.45, 7) is 4.19. The minimum Gasteiger partial charge on any atom is -0.379 e. The van der Waals surface area contributed by atoms with Crippen molar-refractivity contribution in [2.24, 2.45) is 0 Å². The van der Waals surface area contributed by atoms with Gasteiger partial charge in [0.15, 0.2) is 0 Å². The number of benzene rings is 2. The Hall–Kier alpha value is -2.13. The normalized spacial score (nSPS) is 15.0. The van der Waals surface area contributed by atoms with Crippen LogP contribution in [0, 0.1) is 0 Å². The Bertz CT molecular complexity index is 960. The predicted molar refractivity (Wildman–Crippen MR) is 118 cm³/mol. The Kier molecular flexibility index (Phi) is 7.71. The van der Waals surface area contributed by atoms with Gasteiger partial charge in [0.25, 0.3) is 0 Å². The van der Waals surface area contributed by atoms with Gasteiger partial charge in [-0.1, -0.05) is 35.9 Å². The molecule has 0 aromatic heterocycles. The van der Waals surface area contributed by atoms with Crippen LogP contribution in [-0.4, -0.2) is 58.3 Å². The van der Waals surface area contributed by atoms with E-state index in [1.54, 1.807) is 24.3 Å². The smallest absolute Gasteiger partial charge is 0.241 e. The van der Waals surface area contributed by atoms with Gasteiger partial charge in [-0.05, 0) is 35.4 Å². The molecule has 2 aromatic carbocycles. The number of nitrogens with zero attached hydrogens (tertiary/aromatic N) is 2. The number of hydrogen-bond donors (Lipinski definition) is 1. The first-order valence-corrected chi connectivity index (χ1v) is 11.9. The molecule has 1 saturated heterocycles. The molecule has 0 aliphatic carbocycles. The van der Waals surface area contributed by atoms with Gasteiger partial charge in [0.1, 0.15) is 6.54 Å². The quantitative estimate of drug-likeness (QED) is 0.666. The summed E-state index contributed by atoms with van der Waals surface area (Å²) >= 11 is 5.87. The third-order valence-corrected chi connectivity index (χ3v) is 6.19. The Morgan fingerprint density at radius 3 is 2.47 bits per heavy atom. The largest absolute Gasteiger partial charge is 0.379 e. The summed E-state index contributed by atoms with van der Waals surface area (Å²) in [6.07, 6.45) is 1.07. The number of halogens is 1. The molecular formula is C21H26ClN3O4S. The van der Waals surface area contributed by atoms with Crippen molar-refractivity contribution in [1.29, 1.82) is 0 Å². The lowest BCUT2D eigenvalue weighted by molar-refractivity contribution is -0.119. The van der Waals surface area contributed by atoms with Gasteiger partial charge in [-0.25, -0.2) is 8.42 Å². The maximum absolute atomic E-state index is 12.5. The topological polar surface area (TPSA) is 79.0 Å². The minimum atomic E-state index is -3.62. The molecule has 1 heterocycles. The fourth-order valence-corrected chi connectivity index (χ4v) is 4.23. The number of rotatable bonds is 8. The number of hydrogen-bond acceptors (Lipinski definition) is 5. The van der Waals surface area contributed by atoms with Crippen LogP contribution < -0.4 is 9.62 Å². The van der Waals surface area contributed by atoms with Crippen LogP contribution in [0.5, 0.6) is 0 Å². The maximum Gasteiger partial charge on any atom is 0.241 e. The first kappa shape index (κ1) is 22.6. The van der Waals surface area contributed by atoms with Crippen molar-refractivity contribution in [1.82, 2.24) is 10.2 Å². The number of ether oxygens (including phenoxy) is 1. The van der Waals surface area contributed by atoms with Gasteiger partial charge < -0.3 is 10.1 Å². The second-order valence-electron chi connectivity index (χ2n) is 7.23. The molecule has 162 valence electrons. The van der Waals surface area contributed by atoms with Crippen LogP contribution in [0.4, 0.5) is 5.69 Å². The zero-order chi connectivity index (χ0) is 21.6. The number of morpholine rings is 1. The molecule has 2 aromatic rings. The molecule has 1 fully saturated rings. The molecule has 1 amide bonds. The third-order valence-electron chi connectivity index (χ3n) is 4.79. The average molecular weight is 452 g/mol. The van der Waals surface area contributed by atoms with E-state index >= 15 is 0 Å². The Labute approximate surface area is 182 Å². The standard InChI is InChI=1S/C21H26ClN3O4S/c1-30(27,28)25(20-7-5-19(22)6-8-20)16-21(26)23-14-17-3-2-4-18(13-17)15-24-9-11-29-12-10-24/h2-8,13H,9-12,14-16H2,1H3,(H,23,26). The molecule has 7 nitrogen and oxygen atoms in total. The molecule has 0 atom stereocenters. The van der Waals surface area contributed by atoms with Gasteiger partial charge in [0, 0.05) is 31.2 Å². The van der Waals surface area contributed by atoms with Gasteiger partial charge in [-0.15, -0.1) is 0 Å². The highest BCUT2D eigenvalue weighted by Gasteiger charge is 2.20. The van der Waals surface area contributed by atoms with Gasteiger partial charge in [-0.3, -0.25) is 14.0 Å². The lowest BCUT2D eigenvalue weighted by Crippen LogP contribution is -2.40. The third kappa shape index (κ3) is 6.70. The van der Waals surface area contributed by atoms with Crippen molar-refractivity contribution < 1.29 is 17.9 Å². The fourth-order valence-electron chi connectivity index (χ4n) is 3.25. The van der Waals surface area contributed by atoms with E-state index < -0.39 is 10.0 Å². The van der Waals surface area contributed by atoms with Gasteiger partial charge in [-0.2, -0.15) is 0 Å². The molecule has 1 N–H and O–H groups in total. The zero-order valence-corrected chi connectivity index (χ0v) is 18.5. The van der Waals surface area contributed by atoms with E-state index in [4.69, 9.17) is 16.3 Å². The molecule has 0 unspecified atom stereocenters. The molecule has 1 aliphatic heterocycles. The average Bonchev–Trinajstić information content (AvgIpc) is 2.72. The fraction of sp³-hybridized carbons (Fsp3) is 0.381. The van der Waals surface area contributed by atoms with E-state index in [1.165, 1.54) is 5.56 Å². The molecule has 30 heavy (non-hydrogen) atoms. The molecule has 3 rings (SSSR count). The number of anilines is 1. The Morgan fingerprint density at radius 2 is 1.80 bits per heavy atom. The highest BCUT2D eigenvalue weighted by Crippen LogP contribution is 2.20. The van der Waals surface area contributed by atoms with Crippen molar-refractivity contribution in [3.63, 3.8) is 0 Å². The van der Waals surface area contributed by atoms with Crippen LogP contribution in [0.15, 0.2) is 48.5 Å². The highest BCUT2D eigenvalue weighted by molar-refractivity contribution is 7.92. The van der Waals surface area contributed by atoms with Crippen molar-refractivity contribution in [2.45, 2.75) is 13.1 Å². The molecule has 1 aliphatic rings. The van der Waals surface area contributed by atoms with Crippen molar-refractivity contribution in [3.8, 4) is 0 Å². The number of carbonyl (C=O) groups is 1.